The van der Waals surface area contributed by atoms with Gasteiger partial charge in [0.05, 0.1) is 17.8 Å². The Kier molecular flexibility index (Phi) is 7.86. The van der Waals surface area contributed by atoms with Crippen molar-refractivity contribution in [3.8, 4) is 0 Å². The quantitative estimate of drug-likeness (QED) is 0.314. The number of fused-ring (bicyclic) bond motifs is 4. The average Bonchev–Trinajstić information content (AvgIpc) is 3.38. The predicted octanol–water partition coefficient (Wildman–Crippen LogP) is 7.86. The molecule has 2 saturated heterocycles. The van der Waals surface area contributed by atoms with Crippen LogP contribution in [0, 0.1) is 77.9 Å². The molecule has 0 aromatic heterocycles. The number of nitrogens with zero attached hydrogens (tertiary/aromatic N) is 1. The number of piperidine rings is 2. The third-order valence-electron chi connectivity index (χ3n) is 17.3. The largest absolute Gasteiger partial charge is 0.393 e. The molecule has 2 aliphatic heterocycles. The molecule has 0 unspecified atom stereocenters. The van der Waals surface area contributed by atoms with Gasteiger partial charge in [-0.3, -0.25) is 4.90 Å². The lowest BCUT2D eigenvalue weighted by atomic mass is 9.40. The first-order valence-electron chi connectivity index (χ1n) is 20.5. The molecule has 8 aliphatic rings. The average molecular weight is 644 g/mol. The number of aliphatic hydroxyl groups excluding tert-OH is 2. The molecule has 9 rings (SSSR count). The summed E-state index contributed by atoms with van der Waals surface area (Å²) in [5.41, 5.74) is 4.26. The molecule has 0 amide bonds. The summed E-state index contributed by atoms with van der Waals surface area (Å²) in [5.74, 6) is 5.30. The fraction of sp³-hybridized carbons (Fsp3) is 0.860. The molecule has 6 saturated carbocycles. The molecule has 1 spiro atoms. The Morgan fingerprint density at radius 1 is 0.745 bits per heavy atom. The van der Waals surface area contributed by atoms with Crippen LogP contribution in [0.25, 0.3) is 0 Å². The van der Waals surface area contributed by atoms with Gasteiger partial charge in [0.25, 0.3) is 0 Å². The fourth-order valence-electron chi connectivity index (χ4n) is 16.1. The van der Waals surface area contributed by atoms with Crippen molar-refractivity contribution in [2.75, 3.05) is 13.1 Å². The van der Waals surface area contributed by atoms with E-state index in [1.807, 2.05) is 0 Å². The second-order valence-corrected chi connectivity index (χ2v) is 19.5. The topological polar surface area (TPSA) is 63.9 Å². The van der Waals surface area contributed by atoms with E-state index in [0.717, 1.165) is 43.4 Å². The molecule has 1 aromatic rings. The van der Waals surface area contributed by atoms with E-state index in [2.05, 4.69) is 43.9 Å². The highest BCUT2D eigenvalue weighted by Gasteiger charge is 2.72. The van der Waals surface area contributed by atoms with Gasteiger partial charge in [-0.25, -0.2) is 0 Å². The number of hydrogen-bond donors (Lipinski definition) is 3. The highest BCUT2D eigenvalue weighted by atomic mass is 16.3. The lowest BCUT2D eigenvalue weighted by molar-refractivity contribution is -0.224. The Morgan fingerprint density at radius 3 is 2.36 bits per heavy atom. The number of rotatable bonds is 3. The van der Waals surface area contributed by atoms with E-state index in [9.17, 15) is 15.3 Å². The van der Waals surface area contributed by atoms with Crippen molar-refractivity contribution in [3.05, 3.63) is 34.9 Å². The highest BCUT2D eigenvalue weighted by molar-refractivity contribution is 5.29. The fourth-order valence-corrected chi connectivity index (χ4v) is 16.1. The second kappa shape index (κ2) is 11.5. The summed E-state index contributed by atoms with van der Waals surface area (Å²) in [6, 6.07) is 7.47. The first-order valence-corrected chi connectivity index (χ1v) is 20.5. The molecule has 2 heterocycles. The van der Waals surface area contributed by atoms with Gasteiger partial charge in [-0.2, -0.15) is 0 Å². The van der Waals surface area contributed by atoms with Crippen LogP contribution in [0.3, 0.4) is 0 Å². The second-order valence-electron chi connectivity index (χ2n) is 19.5. The first kappa shape index (κ1) is 32.0. The standard InChI is InChI=1S/C43H65NO3/c1-26-8-11-40-43(47,31-7-4-6-29(20-31)19-30-17-27(2)16-28(3)18-30)36-10-9-35-33(34(36)25-44(40)24-26)22-39-41-13-5-14-42(35,39)23-38(46)37(41)21-32(45)12-15-41/h16-18,26,29,31-40,45-47H,4-15,19-25H2,1-3H3/t26-,29+,31-,32-,33+,34-,35-,36+,37+,38-,39-,40-,41+,42+,43+/m0/s1. The van der Waals surface area contributed by atoms with Crippen molar-refractivity contribution >= 4 is 0 Å². The molecule has 4 heteroatoms. The Hall–Kier alpha value is -0.940. The number of aryl methyl sites for hydroxylation is 2. The van der Waals surface area contributed by atoms with Gasteiger partial charge in [0.1, 0.15) is 0 Å². The molecular formula is C43H65NO3. The number of hydrogen-bond acceptors (Lipinski definition) is 4. The molecule has 1 aromatic carbocycles. The minimum atomic E-state index is -0.564. The maximum Gasteiger partial charge on any atom is 0.0861 e. The molecule has 0 radical (unpaired) electrons. The van der Waals surface area contributed by atoms with Gasteiger partial charge in [-0.05, 0) is 173 Å². The molecule has 15 atom stereocenters. The molecular weight excluding hydrogens is 578 g/mol. The third-order valence-corrected chi connectivity index (χ3v) is 17.3. The lowest BCUT2D eigenvalue weighted by Crippen LogP contribution is -2.71. The molecule has 6 aliphatic carbocycles. The van der Waals surface area contributed by atoms with Crippen LogP contribution in [0.15, 0.2) is 18.2 Å². The van der Waals surface area contributed by atoms with Crippen molar-refractivity contribution in [1.82, 2.24) is 4.90 Å². The van der Waals surface area contributed by atoms with Crippen LogP contribution in [0.5, 0.6) is 0 Å². The van der Waals surface area contributed by atoms with E-state index in [1.165, 1.54) is 113 Å². The van der Waals surface area contributed by atoms with E-state index >= 15 is 0 Å². The van der Waals surface area contributed by atoms with Crippen LogP contribution in [-0.2, 0) is 6.42 Å². The third kappa shape index (κ3) is 4.79. The maximum atomic E-state index is 13.7. The van der Waals surface area contributed by atoms with Gasteiger partial charge in [-0.15, -0.1) is 0 Å². The summed E-state index contributed by atoms with van der Waals surface area (Å²) in [4.78, 5) is 2.85. The van der Waals surface area contributed by atoms with Crippen molar-refractivity contribution < 1.29 is 15.3 Å². The summed E-state index contributed by atoms with van der Waals surface area (Å²) in [5, 5.41) is 36.2. The van der Waals surface area contributed by atoms with E-state index in [-0.39, 0.29) is 17.6 Å². The summed E-state index contributed by atoms with van der Waals surface area (Å²) < 4.78 is 0. The van der Waals surface area contributed by atoms with Crippen LogP contribution in [0.4, 0.5) is 0 Å². The van der Waals surface area contributed by atoms with Gasteiger partial charge >= 0.3 is 0 Å². The first-order chi connectivity index (χ1) is 22.6. The van der Waals surface area contributed by atoms with E-state index in [4.69, 9.17) is 0 Å². The zero-order chi connectivity index (χ0) is 32.3. The summed E-state index contributed by atoms with van der Waals surface area (Å²) >= 11 is 0. The van der Waals surface area contributed by atoms with Crippen molar-refractivity contribution in [3.63, 3.8) is 0 Å². The van der Waals surface area contributed by atoms with Gasteiger partial charge in [0.15, 0.2) is 0 Å². The zero-order valence-electron chi connectivity index (χ0n) is 29.9. The van der Waals surface area contributed by atoms with Gasteiger partial charge in [-0.1, -0.05) is 55.5 Å². The zero-order valence-corrected chi connectivity index (χ0v) is 29.9. The molecule has 2 bridgehead atoms. The van der Waals surface area contributed by atoms with Crippen LogP contribution in [0.2, 0.25) is 0 Å². The van der Waals surface area contributed by atoms with Crippen molar-refractivity contribution in [1.29, 1.82) is 0 Å². The van der Waals surface area contributed by atoms with Crippen LogP contribution in [0.1, 0.15) is 126 Å². The SMILES string of the molecule is Cc1cc(C)cc(C[C@H]2CCC[C@H]([C@@]3(O)[C@@H]4CC[C@H]5[C@H](C[C@H]6[C@@]78CCC[C@]65C[C@H](O)[C@H]7C[C@@H](O)CC8)[C@@H]4CN4C[C@@H](C)CC[C@H]43)C2)c1. The monoisotopic (exact) mass is 643 g/mol. The van der Waals surface area contributed by atoms with Crippen molar-refractivity contribution in [2.24, 2.45) is 64.1 Å². The maximum absolute atomic E-state index is 13.7. The van der Waals surface area contributed by atoms with Gasteiger partial charge in [0, 0.05) is 19.1 Å². The van der Waals surface area contributed by atoms with E-state index < -0.39 is 5.60 Å². The predicted molar refractivity (Wildman–Crippen MR) is 188 cm³/mol. The molecule has 8 fully saturated rings. The summed E-state index contributed by atoms with van der Waals surface area (Å²) in [6.07, 6.45) is 19.8. The Balaban J connectivity index is 1.04. The minimum absolute atomic E-state index is 0.219. The number of aliphatic hydroxyl groups is 3. The van der Waals surface area contributed by atoms with Crippen molar-refractivity contribution in [2.45, 2.75) is 154 Å². The summed E-state index contributed by atoms with van der Waals surface area (Å²) in [7, 11) is 0. The van der Waals surface area contributed by atoms with Crippen LogP contribution >= 0.6 is 0 Å². The summed E-state index contributed by atoms with van der Waals surface area (Å²) in [6.45, 7) is 9.32. The van der Waals surface area contributed by atoms with Crippen LogP contribution in [-0.4, -0.2) is 57.2 Å². The van der Waals surface area contributed by atoms with Gasteiger partial charge in [0.2, 0.25) is 0 Å². The minimum Gasteiger partial charge on any atom is -0.393 e. The van der Waals surface area contributed by atoms with E-state index in [1.54, 1.807) is 0 Å². The van der Waals surface area contributed by atoms with Crippen LogP contribution < -0.4 is 0 Å². The molecule has 47 heavy (non-hydrogen) atoms. The Labute approximate surface area is 285 Å². The van der Waals surface area contributed by atoms with E-state index in [0.29, 0.717) is 47.0 Å². The Morgan fingerprint density at radius 2 is 1.53 bits per heavy atom. The molecule has 3 N–H and O–H groups in total. The smallest absolute Gasteiger partial charge is 0.0861 e. The number of benzene rings is 1. The van der Waals surface area contributed by atoms with Gasteiger partial charge < -0.3 is 15.3 Å². The molecule has 260 valence electrons. The lowest BCUT2D eigenvalue weighted by Gasteiger charge is -2.66. The Bertz CT molecular complexity index is 1330. The molecule has 4 nitrogen and oxygen atoms in total. The highest BCUT2D eigenvalue weighted by Crippen LogP contribution is 2.76. The normalized spacial score (nSPS) is 52.5.